The van der Waals surface area contributed by atoms with E-state index in [-0.39, 0.29) is 10.6 Å². The molecule has 2 aromatic carbocycles. The van der Waals surface area contributed by atoms with Crippen LogP contribution in [0.15, 0.2) is 48.0 Å². The molecule has 0 aliphatic carbocycles. The first-order chi connectivity index (χ1) is 12.9. The van der Waals surface area contributed by atoms with Crippen LogP contribution in [0.2, 0.25) is 10.0 Å². The van der Waals surface area contributed by atoms with E-state index in [9.17, 15) is 9.59 Å². The van der Waals surface area contributed by atoms with Gasteiger partial charge in [0.15, 0.2) is 6.61 Å². The van der Waals surface area contributed by atoms with Crippen molar-refractivity contribution in [3.63, 3.8) is 0 Å². The normalized spacial score (nSPS) is 10.7. The van der Waals surface area contributed by atoms with Crippen LogP contribution < -0.4 is 10.1 Å². The number of benzene rings is 2. The molecule has 0 saturated heterocycles. The lowest BCUT2D eigenvalue weighted by atomic mass is 10.1. The molecule has 0 aliphatic rings. The fraction of sp³-hybridized carbons (Fsp3) is 0.105. The highest BCUT2D eigenvalue weighted by atomic mass is 35.5. The van der Waals surface area contributed by atoms with Gasteiger partial charge in [0.1, 0.15) is 17.4 Å². The molecule has 0 heterocycles. The van der Waals surface area contributed by atoms with Crippen molar-refractivity contribution in [2.45, 2.75) is 0 Å². The second-order valence-electron chi connectivity index (χ2n) is 5.19. The minimum Gasteiger partial charge on any atom is -0.497 e. The van der Waals surface area contributed by atoms with Crippen LogP contribution >= 0.6 is 23.2 Å². The van der Waals surface area contributed by atoms with Gasteiger partial charge >= 0.3 is 5.97 Å². The molecule has 0 unspecified atom stereocenters. The summed E-state index contributed by atoms with van der Waals surface area (Å²) in [6, 6.07) is 13.1. The molecule has 6 nitrogen and oxygen atoms in total. The van der Waals surface area contributed by atoms with Gasteiger partial charge in [-0.1, -0.05) is 35.3 Å². The number of nitriles is 1. The van der Waals surface area contributed by atoms with E-state index in [1.807, 2.05) is 0 Å². The lowest BCUT2D eigenvalue weighted by Crippen LogP contribution is -2.21. The molecule has 0 atom stereocenters. The summed E-state index contributed by atoms with van der Waals surface area (Å²) in [5.74, 6) is -0.947. The first-order valence-corrected chi connectivity index (χ1v) is 8.36. The van der Waals surface area contributed by atoms with Gasteiger partial charge in [0.25, 0.3) is 5.91 Å². The minimum atomic E-state index is -0.919. The average molecular weight is 405 g/mol. The maximum absolute atomic E-state index is 12.0. The molecule has 0 radical (unpaired) electrons. The number of anilines is 1. The SMILES string of the molecule is COc1cccc(/C=C(\C#N)C(=O)OCC(=O)Nc2ccc(Cl)cc2Cl)c1. The zero-order chi connectivity index (χ0) is 19.8. The van der Waals surface area contributed by atoms with E-state index in [1.165, 1.54) is 25.3 Å². The summed E-state index contributed by atoms with van der Waals surface area (Å²) >= 11 is 11.7. The van der Waals surface area contributed by atoms with Crippen LogP contribution in [0.3, 0.4) is 0 Å². The van der Waals surface area contributed by atoms with E-state index < -0.39 is 18.5 Å². The maximum atomic E-state index is 12.0. The third-order valence-electron chi connectivity index (χ3n) is 3.28. The summed E-state index contributed by atoms with van der Waals surface area (Å²) in [6.07, 6.45) is 1.35. The van der Waals surface area contributed by atoms with E-state index >= 15 is 0 Å². The molecule has 0 aromatic heterocycles. The van der Waals surface area contributed by atoms with Crippen molar-refractivity contribution in [2.24, 2.45) is 0 Å². The maximum Gasteiger partial charge on any atom is 0.349 e. The zero-order valence-corrected chi connectivity index (χ0v) is 15.7. The molecule has 0 spiro atoms. The Morgan fingerprint density at radius 2 is 2.00 bits per heavy atom. The molecule has 2 aromatic rings. The van der Waals surface area contributed by atoms with Gasteiger partial charge in [0.2, 0.25) is 0 Å². The monoisotopic (exact) mass is 404 g/mol. The van der Waals surface area contributed by atoms with Crippen LogP contribution in [-0.2, 0) is 14.3 Å². The molecule has 27 heavy (non-hydrogen) atoms. The van der Waals surface area contributed by atoms with Crippen LogP contribution in [-0.4, -0.2) is 25.6 Å². The summed E-state index contributed by atoms with van der Waals surface area (Å²) in [7, 11) is 1.51. The summed E-state index contributed by atoms with van der Waals surface area (Å²) in [4.78, 5) is 23.9. The number of esters is 1. The van der Waals surface area contributed by atoms with Gasteiger partial charge in [0, 0.05) is 5.02 Å². The summed E-state index contributed by atoms with van der Waals surface area (Å²) in [5.41, 5.74) is 0.662. The molecule has 8 heteroatoms. The van der Waals surface area contributed by atoms with Gasteiger partial charge in [-0.15, -0.1) is 0 Å². The van der Waals surface area contributed by atoms with Crippen LogP contribution in [0.1, 0.15) is 5.56 Å². The zero-order valence-electron chi connectivity index (χ0n) is 14.2. The number of nitrogens with one attached hydrogen (secondary N) is 1. The minimum absolute atomic E-state index is 0.248. The third-order valence-corrected chi connectivity index (χ3v) is 3.83. The first-order valence-electron chi connectivity index (χ1n) is 7.61. The van der Waals surface area contributed by atoms with Crippen molar-refractivity contribution in [1.82, 2.24) is 0 Å². The topological polar surface area (TPSA) is 88.4 Å². The van der Waals surface area contributed by atoms with E-state index in [0.29, 0.717) is 22.0 Å². The number of carbonyl (C=O) groups is 2. The number of hydrogen-bond donors (Lipinski definition) is 1. The van der Waals surface area contributed by atoms with E-state index in [0.717, 1.165) is 0 Å². The number of hydrogen-bond acceptors (Lipinski definition) is 5. The van der Waals surface area contributed by atoms with Gasteiger partial charge < -0.3 is 14.8 Å². The highest BCUT2D eigenvalue weighted by Crippen LogP contribution is 2.25. The predicted octanol–water partition coefficient (Wildman–Crippen LogP) is 4.09. The molecule has 0 fully saturated rings. The Hall–Kier alpha value is -3.01. The summed E-state index contributed by atoms with van der Waals surface area (Å²) in [6.45, 7) is -0.574. The molecule has 0 aliphatic heterocycles. The lowest BCUT2D eigenvalue weighted by molar-refractivity contribution is -0.142. The van der Waals surface area contributed by atoms with Gasteiger partial charge in [-0.05, 0) is 42.0 Å². The second kappa shape index (κ2) is 9.62. The number of rotatable bonds is 6. The van der Waals surface area contributed by atoms with Crippen molar-refractivity contribution < 1.29 is 19.1 Å². The fourth-order valence-electron chi connectivity index (χ4n) is 2.02. The smallest absolute Gasteiger partial charge is 0.349 e. The van der Waals surface area contributed by atoms with Crippen LogP contribution in [0.4, 0.5) is 5.69 Å². The number of nitrogens with zero attached hydrogens (tertiary/aromatic N) is 1. The lowest BCUT2D eigenvalue weighted by Gasteiger charge is -2.08. The average Bonchev–Trinajstić information content (AvgIpc) is 2.66. The van der Waals surface area contributed by atoms with Crippen LogP contribution in [0, 0.1) is 11.3 Å². The van der Waals surface area contributed by atoms with Crippen molar-refractivity contribution in [2.75, 3.05) is 19.0 Å². The van der Waals surface area contributed by atoms with Gasteiger partial charge in [-0.25, -0.2) is 4.79 Å². The Labute approximate surface area is 165 Å². The molecular weight excluding hydrogens is 391 g/mol. The quantitative estimate of drug-likeness (QED) is 0.444. The van der Waals surface area contributed by atoms with E-state index in [2.05, 4.69) is 5.32 Å². The van der Waals surface area contributed by atoms with Crippen molar-refractivity contribution in [3.05, 3.63) is 63.6 Å². The number of halogens is 2. The fourth-order valence-corrected chi connectivity index (χ4v) is 2.48. The Morgan fingerprint density at radius 3 is 2.67 bits per heavy atom. The van der Waals surface area contributed by atoms with Crippen LogP contribution in [0.25, 0.3) is 6.08 Å². The van der Waals surface area contributed by atoms with Gasteiger partial charge in [-0.2, -0.15) is 5.26 Å². The molecule has 1 N–H and O–H groups in total. The Bertz CT molecular complexity index is 936. The van der Waals surface area contributed by atoms with Gasteiger partial charge in [0.05, 0.1) is 17.8 Å². The second-order valence-corrected chi connectivity index (χ2v) is 6.04. The summed E-state index contributed by atoms with van der Waals surface area (Å²) < 4.78 is 9.96. The largest absolute Gasteiger partial charge is 0.497 e. The molecule has 138 valence electrons. The molecule has 2 rings (SSSR count). The number of amides is 1. The van der Waals surface area contributed by atoms with Crippen molar-refractivity contribution in [1.29, 1.82) is 5.26 Å². The highest BCUT2D eigenvalue weighted by Gasteiger charge is 2.14. The van der Waals surface area contributed by atoms with E-state index in [4.69, 9.17) is 37.9 Å². The molecular formula is C19H14Cl2N2O4. The Kier molecular flexibility index (Phi) is 7.24. The van der Waals surface area contributed by atoms with Crippen molar-refractivity contribution >= 4 is 46.8 Å². The highest BCUT2D eigenvalue weighted by molar-refractivity contribution is 6.36. The molecule has 0 bridgehead atoms. The Balaban J connectivity index is 1.99. The first kappa shape index (κ1) is 20.3. The standard InChI is InChI=1S/C19H14Cl2N2O4/c1-26-15-4-2-3-12(8-15)7-13(10-22)19(25)27-11-18(24)23-17-6-5-14(20)9-16(17)21/h2-9H,11H2,1H3,(H,23,24)/b13-7+. The predicted molar refractivity (Wildman–Crippen MR) is 103 cm³/mol. The van der Waals surface area contributed by atoms with Gasteiger partial charge in [-0.3, -0.25) is 4.79 Å². The van der Waals surface area contributed by atoms with Crippen molar-refractivity contribution in [3.8, 4) is 11.8 Å². The number of ether oxygens (including phenoxy) is 2. The van der Waals surface area contributed by atoms with E-state index in [1.54, 1.807) is 36.4 Å². The van der Waals surface area contributed by atoms with Crippen LogP contribution in [0.5, 0.6) is 5.75 Å². The summed E-state index contributed by atoms with van der Waals surface area (Å²) in [5, 5.41) is 12.3. The molecule has 1 amide bonds. The molecule has 0 saturated carbocycles. The Morgan fingerprint density at radius 1 is 1.22 bits per heavy atom. The number of methoxy groups -OCH3 is 1. The number of carbonyl (C=O) groups excluding carboxylic acids is 2. The third kappa shape index (κ3) is 6.03.